The smallest absolute Gasteiger partial charge is 0.411 e. The van der Waals surface area contributed by atoms with Gasteiger partial charge in [0.1, 0.15) is 6.61 Å². The van der Waals surface area contributed by atoms with Crippen LogP contribution in [0.2, 0.25) is 0 Å². The van der Waals surface area contributed by atoms with Gasteiger partial charge in [-0.3, -0.25) is 9.69 Å². The highest BCUT2D eigenvalue weighted by atomic mass is 32.2. The first-order valence-corrected chi connectivity index (χ1v) is 11.0. The molecule has 0 saturated heterocycles. The lowest BCUT2D eigenvalue weighted by atomic mass is 9.93. The summed E-state index contributed by atoms with van der Waals surface area (Å²) in [5.41, 5.74) is 1.73. The molecule has 1 atom stereocenters. The first kappa shape index (κ1) is 23.3. The van der Waals surface area contributed by atoms with E-state index in [1.165, 1.54) is 11.8 Å². The Morgan fingerprint density at radius 2 is 1.85 bits per heavy atom. The monoisotopic (exact) mass is 391 g/mol. The van der Waals surface area contributed by atoms with Crippen LogP contribution in [0.1, 0.15) is 52.5 Å². The summed E-state index contributed by atoms with van der Waals surface area (Å²) in [6, 6.07) is 9.10. The fourth-order valence-electron chi connectivity index (χ4n) is 2.91. The summed E-state index contributed by atoms with van der Waals surface area (Å²) in [5, 5.41) is 0. The summed E-state index contributed by atoms with van der Waals surface area (Å²) >= 11 is 1.52. The molecule has 1 aromatic carbocycles. The van der Waals surface area contributed by atoms with Gasteiger partial charge in [0.25, 0.3) is 0 Å². The normalized spacial score (nSPS) is 12.7. The van der Waals surface area contributed by atoms with E-state index < -0.39 is 12.1 Å². The molecule has 5 heteroatoms. The second-order valence-corrected chi connectivity index (χ2v) is 7.76. The predicted octanol–water partition coefficient (Wildman–Crippen LogP) is 5.68. The second kappa shape index (κ2) is 12.6. The van der Waals surface area contributed by atoms with E-state index in [9.17, 15) is 9.59 Å². The number of allylic oxidation sites excluding steroid dienone is 1. The fraction of sp³-hybridized carbons (Fsp3) is 0.545. The molecule has 0 fully saturated rings. The molecule has 0 N–H and O–H groups in total. The number of rotatable bonds is 11. The largest absolute Gasteiger partial charge is 0.445 e. The van der Waals surface area contributed by atoms with Crippen molar-refractivity contribution in [3.8, 4) is 0 Å². The molecule has 0 aliphatic rings. The van der Waals surface area contributed by atoms with Crippen molar-refractivity contribution in [3.05, 3.63) is 47.5 Å². The molecule has 1 amide bonds. The second-order valence-electron chi connectivity index (χ2n) is 6.93. The zero-order valence-corrected chi connectivity index (χ0v) is 18.1. The number of benzene rings is 1. The molecule has 1 rings (SSSR count). The van der Waals surface area contributed by atoms with Crippen LogP contribution >= 0.6 is 11.8 Å². The Morgan fingerprint density at radius 3 is 2.37 bits per heavy atom. The Labute approximate surface area is 168 Å². The topological polar surface area (TPSA) is 46.6 Å². The van der Waals surface area contributed by atoms with Gasteiger partial charge in [0.15, 0.2) is 5.78 Å². The first-order chi connectivity index (χ1) is 12.9. The Bertz CT molecular complexity index is 613. The maximum Gasteiger partial charge on any atom is 0.411 e. The summed E-state index contributed by atoms with van der Waals surface area (Å²) in [7, 11) is 0. The number of hydrogen-bond acceptors (Lipinski definition) is 4. The van der Waals surface area contributed by atoms with E-state index in [2.05, 4.69) is 13.8 Å². The third-order valence-corrected chi connectivity index (χ3v) is 4.77. The van der Waals surface area contributed by atoms with E-state index in [4.69, 9.17) is 4.74 Å². The number of hydrogen-bond donors (Lipinski definition) is 0. The van der Waals surface area contributed by atoms with E-state index in [0.29, 0.717) is 24.6 Å². The molecule has 1 aromatic rings. The van der Waals surface area contributed by atoms with Gasteiger partial charge in [0, 0.05) is 0 Å². The summed E-state index contributed by atoms with van der Waals surface area (Å²) in [6.07, 6.45) is 5.58. The molecule has 4 nitrogen and oxygen atoms in total. The molecule has 0 heterocycles. The van der Waals surface area contributed by atoms with E-state index in [1.54, 1.807) is 4.90 Å². The zero-order valence-electron chi connectivity index (χ0n) is 17.2. The van der Waals surface area contributed by atoms with Gasteiger partial charge < -0.3 is 4.74 Å². The minimum Gasteiger partial charge on any atom is -0.445 e. The van der Waals surface area contributed by atoms with Crippen LogP contribution in [0.5, 0.6) is 0 Å². The third-order valence-electron chi connectivity index (χ3n) is 4.23. The van der Waals surface area contributed by atoms with Crippen LogP contribution in [-0.2, 0) is 16.1 Å². The average molecular weight is 392 g/mol. The van der Waals surface area contributed by atoms with Gasteiger partial charge in [0.2, 0.25) is 0 Å². The molecule has 27 heavy (non-hydrogen) atoms. The van der Waals surface area contributed by atoms with Crippen molar-refractivity contribution in [2.45, 2.75) is 59.6 Å². The number of thioether (sulfide) groups is 1. The van der Waals surface area contributed by atoms with Crippen molar-refractivity contribution in [2.24, 2.45) is 5.92 Å². The molecule has 0 spiro atoms. The highest BCUT2D eigenvalue weighted by Crippen LogP contribution is 2.21. The van der Waals surface area contributed by atoms with Gasteiger partial charge in [-0.15, -0.1) is 11.8 Å². The molecule has 0 unspecified atom stereocenters. The van der Waals surface area contributed by atoms with Crippen molar-refractivity contribution in [2.75, 3.05) is 12.1 Å². The van der Waals surface area contributed by atoms with Gasteiger partial charge in [-0.25, -0.2) is 4.79 Å². The number of Topliss-reactive ketones (excluding diaryl/α,β-unsaturated/α-hetero) is 1. The lowest BCUT2D eigenvalue weighted by molar-refractivity contribution is -0.120. The van der Waals surface area contributed by atoms with Crippen LogP contribution in [0.25, 0.3) is 0 Å². The summed E-state index contributed by atoms with van der Waals surface area (Å²) in [4.78, 5) is 27.6. The van der Waals surface area contributed by atoms with Crippen molar-refractivity contribution in [1.82, 2.24) is 4.90 Å². The van der Waals surface area contributed by atoms with Crippen LogP contribution in [0.3, 0.4) is 0 Å². The summed E-state index contributed by atoms with van der Waals surface area (Å²) < 4.78 is 5.53. The number of ketones is 1. The molecule has 0 radical (unpaired) electrons. The van der Waals surface area contributed by atoms with Crippen LogP contribution < -0.4 is 0 Å². The van der Waals surface area contributed by atoms with Gasteiger partial charge in [-0.05, 0) is 42.6 Å². The minimum atomic E-state index is -0.488. The zero-order chi connectivity index (χ0) is 20.2. The van der Waals surface area contributed by atoms with Crippen LogP contribution in [0.15, 0.2) is 42.0 Å². The number of nitrogens with zero attached hydrogens (tertiary/aromatic N) is 1. The van der Waals surface area contributed by atoms with Crippen LogP contribution in [0.4, 0.5) is 4.79 Å². The first-order valence-electron chi connectivity index (χ1n) is 9.63. The minimum absolute atomic E-state index is 0.0405. The van der Waals surface area contributed by atoms with Gasteiger partial charge >= 0.3 is 6.09 Å². The molecule has 0 aliphatic heterocycles. The maximum absolute atomic E-state index is 13.2. The van der Waals surface area contributed by atoms with Gasteiger partial charge in [-0.1, -0.05) is 64.1 Å². The van der Waals surface area contributed by atoms with E-state index >= 15 is 0 Å². The standard InChI is InChI=1S/C22H33NO3S/c1-6-11-19(7-2)21(24)20(14-17(3)4)23(16-27-5)22(25)26-15-18-12-9-8-10-13-18/h8-13,17,20H,6-7,14-16H2,1-5H3/b19-11+/t20-/m0/s1. The average Bonchev–Trinajstić information content (AvgIpc) is 2.67. The van der Waals surface area contributed by atoms with Crippen LogP contribution in [0, 0.1) is 5.92 Å². The predicted molar refractivity (Wildman–Crippen MR) is 114 cm³/mol. The molecule has 0 bridgehead atoms. The third kappa shape index (κ3) is 7.79. The number of carbonyl (C=O) groups is 2. The fourth-order valence-corrected chi connectivity index (χ4v) is 3.48. The number of amides is 1. The number of carbonyl (C=O) groups excluding carboxylic acids is 2. The molecular weight excluding hydrogens is 358 g/mol. The van der Waals surface area contributed by atoms with E-state index in [-0.39, 0.29) is 12.4 Å². The summed E-state index contributed by atoms with van der Waals surface area (Å²) in [5.74, 6) is 0.767. The van der Waals surface area contributed by atoms with E-state index in [1.807, 2.05) is 56.5 Å². The molecule has 0 aliphatic carbocycles. The lowest BCUT2D eigenvalue weighted by Gasteiger charge is -2.31. The Kier molecular flexibility index (Phi) is 10.9. The quantitative estimate of drug-likeness (QED) is 0.360. The molecule has 0 aromatic heterocycles. The van der Waals surface area contributed by atoms with Crippen LogP contribution in [-0.4, -0.2) is 35.0 Å². The van der Waals surface area contributed by atoms with Crippen molar-refractivity contribution in [3.63, 3.8) is 0 Å². The summed E-state index contributed by atoms with van der Waals surface area (Å²) in [6.45, 7) is 8.36. The van der Waals surface area contributed by atoms with Gasteiger partial charge in [0.05, 0.1) is 11.9 Å². The Hall–Kier alpha value is -1.75. The van der Waals surface area contributed by atoms with Crippen molar-refractivity contribution in [1.29, 1.82) is 0 Å². The van der Waals surface area contributed by atoms with Gasteiger partial charge in [-0.2, -0.15) is 0 Å². The highest BCUT2D eigenvalue weighted by molar-refractivity contribution is 7.98. The SMILES string of the molecule is CC/C=C(\CC)C(=O)[C@H](CC(C)C)N(CSC)C(=O)OCc1ccccc1. The lowest BCUT2D eigenvalue weighted by Crippen LogP contribution is -2.46. The van der Waals surface area contributed by atoms with Crippen molar-refractivity contribution < 1.29 is 14.3 Å². The van der Waals surface area contributed by atoms with Crippen molar-refractivity contribution >= 4 is 23.6 Å². The Balaban J connectivity index is 3.01. The number of ether oxygens (including phenoxy) is 1. The highest BCUT2D eigenvalue weighted by Gasteiger charge is 2.32. The molecule has 150 valence electrons. The molecular formula is C22H33NO3S. The Morgan fingerprint density at radius 1 is 1.19 bits per heavy atom. The van der Waals surface area contributed by atoms with E-state index in [0.717, 1.165) is 17.6 Å². The maximum atomic E-state index is 13.2. The molecule has 0 saturated carbocycles.